The van der Waals surface area contributed by atoms with E-state index in [9.17, 15) is 24.0 Å². The summed E-state index contributed by atoms with van der Waals surface area (Å²) in [6.07, 6.45) is 1.70. The third-order valence-corrected chi connectivity index (χ3v) is 4.56. The summed E-state index contributed by atoms with van der Waals surface area (Å²) >= 11 is 0. The summed E-state index contributed by atoms with van der Waals surface area (Å²) in [5.74, 6) is -1.06. The van der Waals surface area contributed by atoms with Crippen LogP contribution in [0.1, 0.15) is 39.5 Å². The van der Waals surface area contributed by atoms with Crippen LogP contribution >= 0.6 is 0 Å². The predicted octanol–water partition coefficient (Wildman–Crippen LogP) is -2.21. The molecule has 0 rings (SSSR count). The molecule has 0 aliphatic carbocycles. The molecule has 0 aromatic carbocycles. The first-order valence-electron chi connectivity index (χ1n) is 11.9. The number of rotatable bonds is 21. The summed E-state index contributed by atoms with van der Waals surface area (Å²) in [4.78, 5) is 57.5. The smallest absolute Gasteiger partial charge is 0.239 e. The van der Waals surface area contributed by atoms with Crippen molar-refractivity contribution in [2.45, 2.75) is 45.6 Å². The minimum Gasteiger partial charge on any atom is -0.380 e. The van der Waals surface area contributed by atoms with Gasteiger partial charge in [-0.3, -0.25) is 24.0 Å². The number of hydrogen-bond acceptors (Lipinski definition) is 8. The van der Waals surface area contributed by atoms with Crippen molar-refractivity contribution in [3.05, 3.63) is 0 Å². The Hall–Kier alpha value is -2.77. The van der Waals surface area contributed by atoms with Gasteiger partial charge in [-0.05, 0) is 26.3 Å². The van der Waals surface area contributed by atoms with Gasteiger partial charge < -0.3 is 41.4 Å². The van der Waals surface area contributed by atoms with Crippen LogP contribution in [0.25, 0.3) is 0 Å². The van der Waals surface area contributed by atoms with Crippen LogP contribution in [0.4, 0.5) is 0 Å². The highest BCUT2D eigenvalue weighted by atomic mass is 16.5. The van der Waals surface area contributed by atoms with Crippen molar-refractivity contribution in [3.8, 4) is 0 Å². The lowest BCUT2D eigenvalue weighted by molar-refractivity contribution is -0.127. The molecular weight excluding hydrogens is 460 g/mol. The summed E-state index contributed by atoms with van der Waals surface area (Å²) in [6.45, 7) is 6.21. The predicted molar refractivity (Wildman–Crippen MR) is 129 cm³/mol. The third kappa shape index (κ3) is 21.5. The quantitative estimate of drug-likeness (QED) is 0.0957. The standard InChI is InChI=1S/C22H42N6O7/c1-17(29)24-10-14-34-12-4-8-26-20(31)7-6-19(23-3)22(33)28-16-21(32)27-9-5-13-35-15-11-25-18(2)30/h19,23H,4-16H2,1-3H3,(H,24,29)(H,25,30)(H,26,31)(H,27,32)(H,28,33)/t19-/m1/s1. The van der Waals surface area contributed by atoms with E-state index in [4.69, 9.17) is 9.47 Å². The molecule has 0 aliphatic rings. The number of carbonyl (C=O) groups excluding carboxylic acids is 5. The molecule has 35 heavy (non-hydrogen) atoms. The molecule has 0 aliphatic heterocycles. The first-order chi connectivity index (χ1) is 16.8. The van der Waals surface area contributed by atoms with Gasteiger partial charge in [0.05, 0.1) is 25.8 Å². The number of ether oxygens (including phenoxy) is 2. The van der Waals surface area contributed by atoms with Gasteiger partial charge in [-0.25, -0.2) is 0 Å². The fourth-order valence-corrected chi connectivity index (χ4v) is 2.73. The van der Waals surface area contributed by atoms with E-state index in [-0.39, 0.29) is 42.5 Å². The zero-order chi connectivity index (χ0) is 26.3. The lowest BCUT2D eigenvalue weighted by Crippen LogP contribution is -2.46. The summed E-state index contributed by atoms with van der Waals surface area (Å²) in [5, 5.41) is 16.1. The van der Waals surface area contributed by atoms with Gasteiger partial charge in [-0.1, -0.05) is 0 Å². The fraction of sp³-hybridized carbons (Fsp3) is 0.773. The molecule has 0 aromatic rings. The number of likely N-dealkylation sites (N-methyl/N-ethyl adjacent to an activating group) is 1. The molecule has 6 N–H and O–H groups in total. The van der Waals surface area contributed by atoms with E-state index in [1.807, 2.05) is 0 Å². The maximum atomic E-state index is 12.3. The second kappa shape index (κ2) is 21.7. The van der Waals surface area contributed by atoms with Crippen molar-refractivity contribution in [2.24, 2.45) is 0 Å². The third-order valence-electron chi connectivity index (χ3n) is 4.56. The van der Waals surface area contributed by atoms with Crippen molar-refractivity contribution in [3.63, 3.8) is 0 Å². The lowest BCUT2D eigenvalue weighted by Gasteiger charge is -2.16. The van der Waals surface area contributed by atoms with Crippen LogP contribution in [0.2, 0.25) is 0 Å². The summed E-state index contributed by atoms with van der Waals surface area (Å²) in [7, 11) is 1.62. The van der Waals surface area contributed by atoms with Gasteiger partial charge in [0, 0.05) is 59.7 Å². The SMILES string of the molecule is CN[C@H](CCC(=O)NCCCOCCNC(C)=O)C(=O)NCC(=O)NCCCOCCNC(C)=O. The van der Waals surface area contributed by atoms with Gasteiger partial charge in [0.1, 0.15) is 0 Å². The summed E-state index contributed by atoms with van der Waals surface area (Å²) in [6, 6.07) is -0.595. The average Bonchev–Trinajstić information content (AvgIpc) is 2.81. The molecule has 1 atom stereocenters. The summed E-state index contributed by atoms with van der Waals surface area (Å²) < 4.78 is 10.7. The topological polar surface area (TPSA) is 176 Å². The van der Waals surface area contributed by atoms with Crippen LogP contribution in [-0.2, 0) is 33.4 Å². The minimum absolute atomic E-state index is 0.105. The number of amides is 5. The van der Waals surface area contributed by atoms with Crippen molar-refractivity contribution in [1.29, 1.82) is 0 Å². The van der Waals surface area contributed by atoms with Crippen LogP contribution in [0.15, 0.2) is 0 Å². The maximum absolute atomic E-state index is 12.3. The maximum Gasteiger partial charge on any atom is 0.239 e. The second-order valence-corrected chi connectivity index (χ2v) is 7.70. The average molecular weight is 503 g/mol. The molecule has 5 amide bonds. The van der Waals surface area contributed by atoms with E-state index in [1.165, 1.54) is 13.8 Å². The second-order valence-electron chi connectivity index (χ2n) is 7.70. The Balaban J connectivity index is 3.80. The van der Waals surface area contributed by atoms with Crippen LogP contribution in [0.3, 0.4) is 0 Å². The van der Waals surface area contributed by atoms with E-state index in [2.05, 4.69) is 31.9 Å². The van der Waals surface area contributed by atoms with Gasteiger partial charge >= 0.3 is 0 Å². The number of carbonyl (C=O) groups is 5. The van der Waals surface area contributed by atoms with E-state index in [0.717, 1.165) is 0 Å². The Morgan fingerprint density at radius 1 is 0.657 bits per heavy atom. The minimum atomic E-state index is -0.595. The van der Waals surface area contributed by atoms with E-state index in [0.29, 0.717) is 71.9 Å². The highest BCUT2D eigenvalue weighted by molar-refractivity contribution is 5.87. The molecule has 13 nitrogen and oxygen atoms in total. The zero-order valence-corrected chi connectivity index (χ0v) is 21.1. The van der Waals surface area contributed by atoms with Gasteiger partial charge in [-0.2, -0.15) is 0 Å². The normalized spacial score (nSPS) is 11.3. The Bertz CT molecular complexity index is 648. The highest BCUT2D eigenvalue weighted by Gasteiger charge is 2.18. The molecule has 13 heteroatoms. The molecule has 0 unspecified atom stereocenters. The monoisotopic (exact) mass is 502 g/mol. The molecule has 0 heterocycles. The molecule has 0 saturated heterocycles. The van der Waals surface area contributed by atoms with E-state index in [1.54, 1.807) is 7.05 Å². The molecule has 202 valence electrons. The number of hydrogen-bond donors (Lipinski definition) is 6. The Morgan fingerprint density at radius 2 is 1.17 bits per heavy atom. The van der Waals surface area contributed by atoms with Crippen LogP contribution in [-0.4, -0.2) is 102 Å². The van der Waals surface area contributed by atoms with Crippen molar-refractivity contribution < 1.29 is 33.4 Å². The number of nitrogens with one attached hydrogen (secondary N) is 6. The summed E-state index contributed by atoms with van der Waals surface area (Å²) in [5.41, 5.74) is 0. The zero-order valence-electron chi connectivity index (χ0n) is 21.1. The molecule has 0 spiro atoms. The van der Waals surface area contributed by atoms with Gasteiger partial charge in [0.2, 0.25) is 29.5 Å². The van der Waals surface area contributed by atoms with Gasteiger partial charge in [0.25, 0.3) is 0 Å². The lowest BCUT2D eigenvalue weighted by atomic mass is 10.1. The molecule has 0 bridgehead atoms. The van der Waals surface area contributed by atoms with Crippen molar-refractivity contribution in [1.82, 2.24) is 31.9 Å². The Kier molecular flexibility index (Phi) is 20.0. The van der Waals surface area contributed by atoms with Crippen LogP contribution in [0, 0.1) is 0 Å². The van der Waals surface area contributed by atoms with E-state index < -0.39 is 6.04 Å². The molecule has 0 aromatic heterocycles. The first kappa shape index (κ1) is 32.2. The van der Waals surface area contributed by atoms with Gasteiger partial charge in [0.15, 0.2) is 0 Å². The highest BCUT2D eigenvalue weighted by Crippen LogP contribution is 1.98. The van der Waals surface area contributed by atoms with Crippen molar-refractivity contribution >= 4 is 29.5 Å². The fourth-order valence-electron chi connectivity index (χ4n) is 2.73. The molecule has 0 radical (unpaired) electrons. The molecular formula is C22H42N6O7. The van der Waals surface area contributed by atoms with Crippen LogP contribution in [0.5, 0.6) is 0 Å². The van der Waals surface area contributed by atoms with Crippen LogP contribution < -0.4 is 31.9 Å². The van der Waals surface area contributed by atoms with E-state index >= 15 is 0 Å². The molecule has 0 saturated carbocycles. The van der Waals surface area contributed by atoms with Gasteiger partial charge in [-0.15, -0.1) is 0 Å². The van der Waals surface area contributed by atoms with Crippen molar-refractivity contribution in [2.75, 3.05) is 66.2 Å². The Labute approximate surface area is 207 Å². The molecule has 0 fully saturated rings. The first-order valence-corrected chi connectivity index (χ1v) is 11.9. The Morgan fingerprint density at radius 3 is 1.66 bits per heavy atom. The largest absolute Gasteiger partial charge is 0.380 e.